The third kappa shape index (κ3) is 2.02. The molecular formula is C15H21NO. The fourth-order valence-corrected chi connectivity index (χ4v) is 4.99. The molecule has 0 aliphatic heterocycles. The molecule has 2 heteroatoms. The van der Waals surface area contributed by atoms with E-state index >= 15 is 0 Å². The molecule has 0 aromatic carbocycles. The van der Waals surface area contributed by atoms with Gasteiger partial charge in [-0.05, 0) is 61.7 Å². The summed E-state index contributed by atoms with van der Waals surface area (Å²) in [5.74, 6) is 2.83. The number of ether oxygens (including phenoxy) is 1. The molecule has 0 unspecified atom stereocenters. The molecular weight excluding hydrogens is 210 g/mol. The molecule has 0 saturated heterocycles. The first-order valence-electron chi connectivity index (χ1n) is 6.84. The van der Waals surface area contributed by atoms with Crippen LogP contribution in [0.3, 0.4) is 0 Å². The molecule has 2 nitrogen and oxygen atoms in total. The predicted octanol–water partition coefficient (Wildman–Crippen LogP) is 3.30. The van der Waals surface area contributed by atoms with Crippen LogP contribution in [0.25, 0.3) is 0 Å². The molecule has 0 amide bonds. The number of allylic oxidation sites excluding steroid dienone is 1. The SMILES string of the molecule is COCC(C#N)=CC12CC3CC(CC(C3)C1)C2. The second-order valence-corrected chi connectivity index (χ2v) is 6.49. The van der Waals surface area contributed by atoms with Crippen molar-refractivity contribution in [2.24, 2.45) is 23.2 Å². The van der Waals surface area contributed by atoms with Gasteiger partial charge >= 0.3 is 0 Å². The van der Waals surface area contributed by atoms with Crippen molar-refractivity contribution in [2.45, 2.75) is 38.5 Å². The smallest absolute Gasteiger partial charge is 0.0968 e. The summed E-state index contributed by atoms with van der Waals surface area (Å²) in [6.45, 7) is 0.484. The summed E-state index contributed by atoms with van der Waals surface area (Å²) in [5, 5.41) is 9.16. The summed E-state index contributed by atoms with van der Waals surface area (Å²) in [4.78, 5) is 0. The van der Waals surface area contributed by atoms with Crippen LogP contribution in [0.2, 0.25) is 0 Å². The van der Waals surface area contributed by atoms with E-state index in [9.17, 15) is 0 Å². The Morgan fingerprint density at radius 3 is 2.18 bits per heavy atom. The minimum Gasteiger partial charge on any atom is -0.379 e. The van der Waals surface area contributed by atoms with Crippen molar-refractivity contribution >= 4 is 0 Å². The fraction of sp³-hybridized carbons (Fsp3) is 0.800. The van der Waals surface area contributed by atoms with Gasteiger partial charge in [-0.25, -0.2) is 0 Å². The first-order valence-corrected chi connectivity index (χ1v) is 6.84. The molecule has 0 spiro atoms. The van der Waals surface area contributed by atoms with Crippen molar-refractivity contribution in [3.05, 3.63) is 11.6 Å². The molecule has 4 rings (SSSR count). The maximum absolute atomic E-state index is 9.16. The lowest BCUT2D eigenvalue weighted by atomic mass is 9.49. The van der Waals surface area contributed by atoms with Gasteiger partial charge in [0.2, 0.25) is 0 Å². The number of hydrogen-bond acceptors (Lipinski definition) is 2. The highest BCUT2D eigenvalue weighted by atomic mass is 16.5. The highest BCUT2D eigenvalue weighted by Gasteiger charge is 2.49. The van der Waals surface area contributed by atoms with Crippen LogP contribution < -0.4 is 0 Å². The van der Waals surface area contributed by atoms with E-state index in [1.54, 1.807) is 7.11 Å². The number of methoxy groups -OCH3 is 1. The Hall–Kier alpha value is -0.810. The maximum atomic E-state index is 9.16. The van der Waals surface area contributed by atoms with E-state index in [2.05, 4.69) is 12.1 Å². The molecule has 92 valence electrons. The minimum atomic E-state index is 0.359. The minimum absolute atomic E-state index is 0.359. The second kappa shape index (κ2) is 4.14. The molecule has 0 N–H and O–H groups in total. The van der Waals surface area contributed by atoms with Crippen molar-refractivity contribution in [1.82, 2.24) is 0 Å². The van der Waals surface area contributed by atoms with Gasteiger partial charge in [0.15, 0.2) is 0 Å². The number of hydrogen-bond donors (Lipinski definition) is 0. The van der Waals surface area contributed by atoms with Crippen molar-refractivity contribution in [1.29, 1.82) is 5.26 Å². The summed E-state index contributed by atoms with van der Waals surface area (Å²) >= 11 is 0. The lowest BCUT2D eigenvalue weighted by Gasteiger charge is -2.56. The molecule has 4 saturated carbocycles. The van der Waals surface area contributed by atoms with Gasteiger partial charge in [-0.1, -0.05) is 6.08 Å². The van der Waals surface area contributed by atoms with Crippen molar-refractivity contribution in [2.75, 3.05) is 13.7 Å². The van der Waals surface area contributed by atoms with E-state index in [4.69, 9.17) is 10.00 Å². The van der Waals surface area contributed by atoms with Crippen LogP contribution in [-0.2, 0) is 4.74 Å². The van der Waals surface area contributed by atoms with Gasteiger partial charge in [0.05, 0.1) is 18.2 Å². The Balaban J connectivity index is 1.84. The van der Waals surface area contributed by atoms with Crippen LogP contribution in [0.5, 0.6) is 0 Å². The lowest BCUT2D eigenvalue weighted by molar-refractivity contribution is -0.0243. The van der Waals surface area contributed by atoms with Gasteiger partial charge < -0.3 is 4.74 Å². The largest absolute Gasteiger partial charge is 0.379 e. The Labute approximate surface area is 104 Å². The van der Waals surface area contributed by atoms with Crippen molar-refractivity contribution in [3.8, 4) is 6.07 Å². The van der Waals surface area contributed by atoms with Gasteiger partial charge in [-0.2, -0.15) is 5.26 Å². The summed E-state index contributed by atoms with van der Waals surface area (Å²) < 4.78 is 5.12. The third-order valence-electron chi connectivity index (χ3n) is 5.01. The van der Waals surface area contributed by atoms with E-state index in [-0.39, 0.29) is 0 Å². The first kappa shape index (κ1) is 11.3. The lowest BCUT2D eigenvalue weighted by Crippen LogP contribution is -2.45. The van der Waals surface area contributed by atoms with Gasteiger partial charge in [-0.15, -0.1) is 0 Å². The van der Waals surface area contributed by atoms with E-state index in [1.165, 1.54) is 38.5 Å². The second-order valence-electron chi connectivity index (χ2n) is 6.49. The highest BCUT2D eigenvalue weighted by Crippen LogP contribution is 2.60. The van der Waals surface area contributed by atoms with Crippen LogP contribution in [0.1, 0.15) is 38.5 Å². The Kier molecular flexibility index (Phi) is 2.75. The molecule has 4 aliphatic carbocycles. The maximum Gasteiger partial charge on any atom is 0.0968 e. The topological polar surface area (TPSA) is 33.0 Å². The monoisotopic (exact) mass is 231 g/mol. The zero-order valence-corrected chi connectivity index (χ0v) is 10.6. The Morgan fingerprint density at radius 2 is 1.76 bits per heavy atom. The third-order valence-corrected chi connectivity index (χ3v) is 5.01. The summed E-state index contributed by atoms with van der Waals surface area (Å²) in [5.41, 5.74) is 1.20. The van der Waals surface area contributed by atoms with E-state index in [0.717, 1.165) is 23.3 Å². The van der Waals surface area contributed by atoms with E-state index in [0.29, 0.717) is 12.0 Å². The zero-order chi connectivity index (χ0) is 11.9. The first-order chi connectivity index (χ1) is 8.23. The standard InChI is InChI=1S/C15H21NO/c1-17-10-14(9-16)8-15-5-11-2-12(6-15)4-13(3-11)7-15/h8,11-13H,2-7,10H2,1H3. The average molecular weight is 231 g/mol. The molecule has 4 bridgehead atoms. The molecule has 0 aromatic rings. The van der Waals surface area contributed by atoms with Crippen molar-refractivity contribution < 1.29 is 4.74 Å². The molecule has 0 heterocycles. The van der Waals surface area contributed by atoms with Crippen molar-refractivity contribution in [3.63, 3.8) is 0 Å². The van der Waals surface area contributed by atoms with E-state index < -0.39 is 0 Å². The molecule has 17 heavy (non-hydrogen) atoms. The van der Waals surface area contributed by atoms with Gasteiger partial charge in [0.1, 0.15) is 0 Å². The summed E-state index contributed by atoms with van der Waals surface area (Å²) in [6.07, 6.45) is 10.6. The van der Waals surface area contributed by atoms with Gasteiger partial charge in [0.25, 0.3) is 0 Å². The van der Waals surface area contributed by atoms with Crippen LogP contribution in [-0.4, -0.2) is 13.7 Å². The predicted molar refractivity (Wildman–Crippen MR) is 66.2 cm³/mol. The highest BCUT2D eigenvalue weighted by molar-refractivity contribution is 5.26. The van der Waals surface area contributed by atoms with Crippen LogP contribution in [0, 0.1) is 34.5 Å². The quantitative estimate of drug-likeness (QED) is 0.698. The van der Waals surface area contributed by atoms with Crippen LogP contribution >= 0.6 is 0 Å². The number of nitriles is 1. The molecule has 0 radical (unpaired) electrons. The molecule has 4 fully saturated rings. The Bertz CT molecular complexity index is 342. The Morgan fingerprint density at radius 1 is 1.24 bits per heavy atom. The summed E-state index contributed by atoms with van der Waals surface area (Å²) in [6, 6.07) is 2.31. The van der Waals surface area contributed by atoms with Gasteiger partial charge in [-0.3, -0.25) is 0 Å². The number of nitrogens with zero attached hydrogens (tertiary/aromatic N) is 1. The summed E-state index contributed by atoms with van der Waals surface area (Å²) in [7, 11) is 1.67. The van der Waals surface area contributed by atoms with E-state index in [1.807, 2.05) is 0 Å². The molecule has 4 aliphatic rings. The average Bonchev–Trinajstić information content (AvgIpc) is 2.26. The van der Waals surface area contributed by atoms with Crippen LogP contribution in [0.15, 0.2) is 11.6 Å². The normalized spacial score (nSPS) is 43.8. The fourth-order valence-electron chi connectivity index (χ4n) is 4.99. The molecule has 0 aromatic heterocycles. The van der Waals surface area contributed by atoms with Gasteiger partial charge in [0, 0.05) is 7.11 Å². The zero-order valence-electron chi connectivity index (χ0n) is 10.6. The molecule has 0 atom stereocenters. The van der Waals surface area contributed by atoms with Crippen LogP contribution in [0.4, 0.5) is 0 Å². The number of rotatable bonds is 3.